The Bertz CT molecular complexity index is 820. The van der Waals surface area contributed by atoms with E-state index in [4.69, 9.17) is 9.47 Å². The van der Waals surface area contributed by atoms with E-state index in [2.05, 4.69) is 10.6 Å². The maximum atomic E-state index is 12.3. The van der Waals surface area contributed by atoms with E-state index in [1.807, 2.05) is 18.2 Å². The summed E-state index contributed by atoms with van der Waals surface area (Å²) in [6, 6.07) is 5.72. The fourth-order valence-electron chi connectivity index (χ4n) is 4.62. The van der Waals surface area contributed by atoms with Crippen molar-refractivity contribution in [3.8, 4) is 5.75 Å². The second-order valence-electron chi connectivity index (χ2n) is 9.30. The number of nitrogens with one attached hydrogen (secondary N) is 2. The van der Waals surface area contributed by atoms with Gasteiger partial charge in [-0.05, 0) is 62.1 Å². The van der Waals surface area contributed by atoms with E-state index >= 15 is 0 Å². The Kier molecular flexibility index (Phi) is 5.41. The molecule has 7 heteroatoms. The Labute approximate surface area is 176 Å². The van der Waals surface area contributed by atoms with E-state index in [-0.39, 0.29) is 36.5 Å². The zero-order valence-corrected chi connectivity index (χ0v) is 17.1. The van der Waals surface area contributed by atoms with Crippen molar-refractivity contribution in [1.29, 1.82) is 0 Å². The molecule has 4 aliphatic rings. The van der Waals surface area contributed by atoms with Gasteiger partial charge in [-0.3, -0.25) is 9.59 Å². The molecule has 1 aromatic carbocycles. The number of anilines is 1. The minimum atomic E-state index is -0.467. The molecular weight excluding hydrogens is 384 g/mol. The van der Waals surface area contributed by atoms with Crippen molar-refractivity contribution in [3.63, 3.8) is 0 Å². The Balaban J connectivity index is 1.26. The number of amides is 2. The fraction of sp³-hybridized carbons (Fsp3) is 0.652. The molecule has 0 aromatic heterocycles. The monoisotopic (exact) mass is 414 g/mol. The highest BCUT2D eigenvalue weighted by molar-refractivity contribution is 5.91. The number of rotatable bonds is 8. The van der Waals surface area contributed by atoms with Crippen LogP contribution in [-0.2, 0) is 14.3 Å². The molecule has 3 fully saturated rings. The van der Waals surface area contributed by atoms with E-state index in [9.17, 15) is 14.7 Å². The normalized spacial score (nSPS) is 29.5. The van der Waals surface area contributed by atoms with Gasteiger partial charge in [-0.15, -0.1) is 0 Å². The van der Waals surface area contributed by atoms with Gasteiger partial charge in [-0.2, -0.15) is 0 Å². The van der Waals surface area contributed by atoms with E-state index in [1.165, 1.54) is 12.8 Å². The van der Waals surface area contributed by atoms with Crippen LogP contribution in [0, 0.1) is 11.8 Å². The third kappa shape index (κ3) is 4.47. The summed E-state index contributed by atoms with van der Waals surface area (Å²) in [5.41, 5.74) is 1.80. The van der Waals surface area contributed by atoms with Crippen LogP contribution in [0.1, 0.15) is 56.4 Å². The maximum Gasteiger partial charge on any atom is 0.224 e. The first-order chi connectivity index (χ1) is 14.6. The van der Waals surface area contributed by atoms with E-state index in [0.29, 0.717) is 31.1 Å². The third-order valence-corrected chi connectivity index (χ3v) is 6.65. The van der Waals surface area contributed by atoms with Crippen LogP contribution >= 0.6 is 0 Å². The van der Waals surface area contributed by atoms with Crippen LogP contribution in [-0.4, -0.2) is 48.4 Å². The highest BCUT2D eigenvalue weighted by Crippen LogP contribution is 2.47. The molecule has 2 amide bonds. The van der Waals surface area contributed by atoms with Crippen molar-refractivity contribution in [2.45, 2.75) is 69.2 Å². The van der Waals surface area contributed by atoms with Crippen molar-refractivity contribution in [2.75, 3.05) is 18.5 Å². The van der Waals surface area contributed by atoms with Crippen LogP contribution in [0.4, 0.5) is 5.69 Å². The van der Waals surface area contributed by atoms with Gasteiger partial charge in [0.25, 0.3) is 0 Å². The highest BCUT2D eigenvalue weighted by Gasteiger charge is 2.46. The summed E-state index contributed by atoms with van der Waals surface area (Å²) >= 11 is 0. The van der Waals surface area contributed by atoms with Gasteiger partial charge < -0.3 is 25.2 Å². The predicted octanol–water partition coefficient (Wildman–Crippen LogP) is 2.34. The molecule has 0 bridgehead atoms. The smallest absolute Gasteiger partial charge is 0.224 e. The molecule has 2 saturated carbocycles. The summed E-state index contributed by atoms with van der Waals surface area (Å²) < 4.78 is 12.1. The molecule has 5 rings (SSSR count). The number of hydrogen-bond acceptors (Lipinski definition) is 5. The average molecular weight is 415 g/mol. The molecule has 0 radical (unpaired) electrons. The molecule has 2 aliphatic carbocycles. The van der Waals surface area contributed by atoms with E-state index < -0.39 is 6.10 Å². The van der Waals surface area contributed by atoms with Gasteiger partial charge in [-0.25, -0.2) is 0 Å². The van der Waals surface area contributed by atoms with Crippen LogP contribution < -0.4 is 15.4 Å². The second-order valence-corrected chi connectivity index (χ2v) is 9.30. The van der Waals surface area contributed by atoms with Crippen molar-refractivity contribution >= 4 is 17.5 Å². The van der Waals surface area contributed by atoms with Crippen molar-refractivity contribution in [2.24, 2.45) is 11.8 Å². The largest absolute Gasteiger partial charge is 0.487 e. The van der Waals surface area contributed by atoms with Crippen molar-refractivity contribution in [1.82, 2.24) is 5.32 Å². The molecule has 162 valence electrons. The molecule has 1 saturated heterocycles. The number of benzene rings is 1. The van der Waals surface area contributed by atoms with Gasteiger partial charge in [0.2, 0.25) is 11.8 Å². The first kappa shape index (κ1) is 19.8. The molecule has 0 spiro atoms. The Morgan fingerprint density at radius 3 is 2.60 bits per heavy atom. The number of aliphatic hydroxyl groups excluding tert-OH is 1. The summed E-state index contributed by atoms with van der Waals surface area (Å²) in [5.74, 6) is 2.04. The minimum Gasteiger partial charge on any atom is -0.487 e. The predicted molar refractivity (Wildman–Crippen MR) is 110 cm³/mol. The Hall–Kier alpha value is -2.12. The van der Waals surface area contributed by atoms with Gasteiger partial charge in [0.15, 0.2) is 0 Å². The van der Waals surface area contributed by atoms with Gasteiger partial charge in [0.05, 0.1) is 19.1 Å². The molecule has 2 heterocycles. The fourth-order valence-corrected chi connectivity index (χ4v) is 4.62. The van der Waals surface area contributed by atoms with E-state index in [1.54, 1.807) is 0 Å². The standard InChI is InChI=1S/C23H30N2O5/c26-12-20-23-18(9-16(29-20)10-21(27)24-11-14-3-4-14)17-8-15(5-6-19(17)30-23)25-22(28)7-13-1-2-13/h5-6,8,13-14,16,18,20,23,26H,1-4,7,9-12H2,(H,24,27)(H,25,28)/t16-,18-,20+,23+/m1/s1. The molecular formula is C23H30N2O5. The van der Waals surface area contributed by atoms with Crippen LogP contribution in [0.3, 0.4) is 0 Å². The summed E-state index contributed by atoms with van der Waals surface area (Å²) in [7, 11) is 0. The van der Waals surface area contributed by atoms with E-state index in [0.717, 1.165) is 36.4 Å². The Morgan fingerprint density at radius 2 is 1.87 bits per heavy atom. The zero-order valence-electron chi connectivity index (χ0n) is 17.1. The van der Waals surface area contributed by atoms with Crippen LogP contribution in [0.5, 0.6) is 5.75 Å². The lowest BCUT2D eigenvalue weighted by Gasteiger charge is -2.37. The van der Waals surface area contributed by atoms with Gasteiger partial charge in [-0.1, -0.05) is 0 Å². The van der Waals surface area contributed by atoms with Crippen LogP contribution in [0.2, 0.25) is 0 Å². The summed E-state index contributed by atoms with van der Waals surface area (Å²) in [4.78, 5) is 24.5. The van der Waals surface area contributed by atoms with Crippen LogP contribution in [0.25, 0.3) is 0 Å². The quantitative estimate of drug-likeness (QED) is 0.607. The summed E-state index contributed by atoms with van der Waals surface area (Å²) in [5, 5.41) is 15.8. The molecule has 4 atom stereocenters. The third-order valence-electron chi connectivity index (χ3n) is 6.65. The number of fused-ring (bicyclic) bond motifs is 3. The van der Waals surface area contributed by atoms with Crippen LogP contribution in [0.15, 0.2) is 18.2 Å². The zero-order chi connectivity index (χ0) is 20.7. The SMILES string of the molecule is O=C(C[C@H]1C[C@@H]2c3cc(NC(=O)CC4CC4)ccc3O[C@@H]2[C@H](CO)O1)NCC1CC1. The average Bonchev–Trinajstić information content (AvgIpc) is 3.65. The van der Waals surface area contributed by atoms with Gasteiger partial charge in [0, 0.05) is 30.1 Å². The molecule has 7 nitrogen and oxygen atoms in total. The lowest BCUT2D eigenvalue weighted by atomic mass is 9.84. The summed E-state index contributed by atoms with van der Waals surface area (Å²) in [6.07, 6.45) is 5.22. The van der Waals surface area contributed by atoms with Gasteiger partial charge in [0.1, 0.15) is 18.0 Å². The molecule has 3 N–H and O–H groups in total. The molecule has 30 heavy (non-hydrogen) atoms. The topological polar surface area (TPSA) is 96.9 Å². The maximum absolute atomic E-state index is 12.3. The van der Waals surface area contributed by atoms with Crippen molar-refractivity contribution in [3.05, 3.63) is 23.8 Å². The number of aliphatic hydroxyl groups is 1. The minimum absolute atomic E-state index is 0.00210. The molecule has 0 unspecified atom stereocenters. The first-order valence-electron chi connectivity index (χ1n) is 11.2. The highest BCUT2D eigenvalue weighted by atomic mass is 16.6. The Morgan fingerprint density at radius 1 is 1.07 bits per heavy atom. The summed E-state index contributed by atoms with van der Waals surface area (Å²) in [6.45, 7) is 0.594. The number of carbonyl (C=O) groups excluding carboxylic acids is 2. The lowest BCUT2D eigenvalue weighted by molar-refractivity contribution is -0.142. The number of ether oxygens (including phenoxy) is 2. The lowest BCUT2D eigenvalue weighted by Crippen LogP contribution is -2.47. The first-order valence-corrected chi connectivity index (χ1v) is 11.2. The number of hydrogen-bond donors (Lipinski definition) is 3. The number of carbonyl (C=O) groups is 2. The second kappa shape index (κ2) is 8.19. The van der Waals surface area contributed by atoms with Crippen molar-refractivity contribution < 1.29 is 24.2 Å². The van der Waals surface area contributed by atoms with Gasteiger partial charge >= 0.3 is 0 Å². The molecule has 2 aliphatic heterocycles. The molecule has 1 aromatic rings.